The molecule has 0 radical (unpaired) electrons. The molecular formula is C17H24N2OS. The van der Waals surface area contributed by atoms with Crippen molar-refractivity contribution < 1.29 is 4.79 Å². The smallest absolute Gasteiger partial charge is 0.239 e. The quantitative estimate of drug-likeness (QED) is 0.932. The van der Waals surface area contributed by atoms with E-state index >= 15 is 0 Å². The molecule has 1 aliphatic heterocycles. The topological polar surface area (TPSA) is 32.3 Å². The number of hydrogen-bond acceptors (Lipinski definition) is 3. The van der Waals surface area contributed by atoms with Crippen molar-refractivity contribution in [3.8, 4) is 0 Å². The number of carbonyl (C=O) groups excluding carboxylic acids is 1. The van der Waals surface area contributed by atoms with Gasteiger partial charge < -0.3 is 10.2 Å². The number of benzene rings is 1. The molecule has 1 amide bonds. The zero-order chi connectivity index (χ0) is 14.5. The molecule has 0 aromatic heterocycles. The molecule has 1 aliphatic carbocycles. The number of rotatable bonds is 3. The van der Waals surface area contributed by atoms with E-state index in [1.807, 2.05) is 6.07 Å². The van der Waals surface area contributed by atoms with Crippen LogP contribution in [0.3, 0.4) is 0 Å². The summed E-state index contributed by atoms with van der Waals surface area (Å²) >= 11 is 1.80. The molecule has 114 valence electrons. The van der Waals surface area contributed by atoms with E-state index in [2.05, 4.69) is 34.5 Å². The molecule has 1 aromatic carbocycles. The van der Waals surface area contributed by atoms with Crippen molar-refractivity contribution in [3.63, 3.8) is 0 Å². The summed E-state index contributed by atoms with van der Waals surface area (Å²) in [7, 11) is 0. The predicted molar refractivity (Wildman–Crippen MR) is 87.6 cm³/mol. The van der Waals surface area contributed by atoms with Gasteiger partial charge in [0.25, 0.3) is 0 Å². The Kier molecular flexibility index (Phi) is 4.86. The lowest BCUT2D eigenvalue weighted by molar-refractivity contribution is -0.133. The highest BCUT2D eigenvalue weighted by molar-refractivity contribution is 8.01. The second-order valence-corrected chi connectivity index (χ2v) is 7.47. The lowest BCUT2D eigenvalue weighted by Gasteiger charge is -2.33. The zero-order valence-corrected chi connectivity index (χ0v) is 13.3. The van der Waals surface area contributed by atoms with Crippen LogP contribution in [0.5, 0.6) is 0 Å². The Morgan fingerprint density at radius 2 is 1.81 bits per heavy atom. The van der Waals surface area contributed by atoms with E-state index in [9.17, 15) is 4.79 Å². The lowest BCUT2D eigenvalue weighted by atomic mass is 10.1. The first-order valence-corrected chi connectivity index (χ1v) is 8.86. The maximum atomic E-state index is 13.2. The van der Waals surface area contributed by atoms with Gasteiger partial charge in [-0.1, -0.05) is 31.0 Å². The van der Waals surface area contributed by atoms with Crippen molar-refractivity contribution >= 4 is 17.7 Å². The van der Waals surface area contributed by atoms with Crippen molar-refractivity contribution in [3.05, 3.63) is 30.3 Å². The molecule has 1 heterocycles. The predicted octanol–water partition coefficient (Wildman–Crippen LogP) is 2.91. The fourth-order valence-corrected chi connectivity index (χ4v) is 4.81. The van der Waals surface area contributed by atoms with E-state index in [0.717, 1.165) is 45.4 Å². The van der Waals surface area contributed by atoms with Crippen LogP contribution in [-0.4, -0.2) is 41.7 Å². The van der Waals surface area contributed by atoms with Crippen LogP contribution in [0.4, 0.5) is 0 Å². The Bertz CT molecular complexity index is 463. The molecule has 4 heteroatoms. The van der Waals surface area contributed by atoms with Crippen LogP contribution in [0, 0.1) is 0 Å². The van der Waals surface area contributed by atoms with Gasteiger partial charge >= 0.3 is 0 Å². The molecule has 2 aliphatic rings. The Labute approximate surface area is 131 Å². The summed E-state index contributed by atoms with van der Waals surface area (Å²) < 4.78 is -0.217. The minimum Gasteiger partial charge on any atom is -0.340 e. The Hall–Kier alpha value is -1.00. The van der Waals surface area contributed by atoms with Crippen LogP contribution in [0.25, 0.3) is 0 Å². The molecule has 2 fully saturated rings. The summed E-state index contributed by atoms with van der Waals surface area (Å²) in [6.07, 6.45) is 5.47. The second-order valence-electron chi connectivity index (χ2n) is 6.01. The monoisotopic (exact) mass is 304 g/mol. The summed E-state index contributed by atoms with van der Waals surface area (Å²) in [4.78, 5) is 16.5. The second kappa shape index (κ2) is 6.84. The average molecular weight is 304 g/mol. The largest absolute Gasteiger partial charge is 0.340 e. The van der Waals surface area contributed by atoms with Crippen molar-refractivity contribution in [2.24, 2.45) is 0 Å². The van der Waals surface area contributed by atoms with Crippen molar-refractivity contribution in [1.29, 1.82) is 0 Å². The average Bonchev–Trinajstić information content (AvgIpc) is 2.83. The van der Waals surface area contributed by atoms with Crippen molar-refractivity contribution in [2.75, 3.05) is 26.2 Å². The first-order valence-electron chi connectivity index (χ1n) is 8.04. The minimum absolute atomic E-state index is 0.217. The van der Waals surface area contributed by atoms with Gasteiger partial charge in [0.15, 0.2) is 0 Å². The summed E-state index contributed by atoms with van der Waals surface area (Å²) in [5, 5.41) is 3.38. The van der Waals surface area contributed by atoms with E-state index in [0.29, 0.717) is 5.91 Å². The maximum Gasteiger partial charge on any atom is 0.239 e. The number of amides is 1. The standard InChI is InChI=1S/C17H24N2OS/c20-16(19-13-6-11-18-12-14-19)17(9-4-5-10-17)21-15-7-2-1-3-8-15/h1-3,7-8,18H,4-6,9-14H2. The molecule has 1 saturated carbocycles. The first kappa shape index (κ1) is 14.9. The third kappa shape index (κ3) is 3.43. The Morgan fingerprint density at radius 3 is 2.57 bits per heavy atom. The van der Waals surface area contributed by atoms with Gasteiger partial charge in [0.1, 0.15) is 0 Å². The molecule has 1 saturated heterocycles. The summed E-state index contributed by atoms with van der Waals surface area (Å²) in [5.74, 6) is 0.373. The van der Waals surface area contributed by atoms with Crippen molar-refractivity contribution in [2.45, 2.75) is 41.7 Å². The van der Waals surface area contributed by atoms with E-state index in [1.165, 1.54) is 17.7 Å². The van der Waals surface area contributed by atoms with Crippen LogP contribution in [-0.2, 0) is 4.79 Å². The normalized spacial score (nSPS) is 22.0. The zero-order valence-electron chi connectivity index (χ0n) is 12.5. The summed E-state index contributed by atoms with van der Waals surface area (Å²) in [6.45, 7) is 3.72. The van der Waals surface area contributed by atoms with Gasteiger partial charge in [-0.2, -0.15) is 0 Å². The fourth-order valence-electron chi connectivity index (χ4n) is 3.36. The number of nitrogens with one attached hydrogen (secondary N) is 1. The van der Waals surface area contributed by atoms with Gasteiger partial charge in [-0.3, -0.25) is 4.79 Å². The highest BCUT2D eigenvalue weighted by atomic mass is 32.2. The molecular weight excluding hydrogens is 280 g/mol. The minimum atomic E-state index is -0.217. The van der Waals surface area contributed by atoms with Crippen LogP contribution >= 0.6 is 11.8 Å². The van der Waals surface area contributed by atoms with Crippen LogP contribution in [0.1, 0.15) is 32.1 Å². The van der Waals surface area contributed by atoms with Crippen molar-refractivity contribution in [1.82, 2.24) is 10.2 Å². The third-order valence-corrected chi connectivity index (χ3v) is 5.97. The molecule has 3 rings (SSSR count). The van der Waals surface area contributed by atoms with E-state index < -0.39 is 0 Å². The molecule has 0 unspecified atom stereocenters. The molecule has 21 heavy (non-hydrogen) atoms. The molecule has 1 aromatic rings. The van der Waals surface area contributed by atoms with Gasteiger partial charge in [0.05, 0.1) is 4.75 Å². The van der Waals surface area contributed by atoms with E-state index in [4.69, 9.17) is 0 Å². The number of carbonyl (C=O) groups is 1. The van der Waals surface area contributed by atoms with Gasteiger partial charge in [0.2, 0.25) is 5.91 Å². The van der Waals surface area contributed by atoms with Gasteiger partial charge in [0, 0.05) is 24.5 Å². The SMILES string of the molecule is O=C(N1CCCNCC1)C1(Sc2ccccc2)CCCC1. The Balaban J connectivity index is 1.77. The van der Waals surface area contributed by atoms with Gasteiger partial charge in [-0.05, 0) is 37.9 Å². The van der Waals surface area contributed by atoms with E-state index in [1.54, 1.807) is 11.8 Å². The number of nitrogens with zero attached hydrogens (tertiary/aromatic N) is 1. The molecule has 0 bridgehead atoms. The van der Waals surface area contributed by atoms with Crippen LogP contribution in [0.15, 0.2) is 35.2 Å². The maximum absolute atomic E-state index is 13.2. The molecule has 1 N–H and O–H groups in total. The summed E-state index contributed by atoms with van der Waals surface area (Å²) in [6, 6.07) is 10.4. The van der Waals surface area contributed by atoms with Crippen LogP contribution in [0.2, 0.25) is 0 Å². The number of hydrogen-bond donors (Lipinski definition) is 1. The van der Waals surface area contributed by atoms with Crippen LogP contribution < -0.4 is 5.32 Å². The Morgan fingerprint density at radius 1 is 1.05 bits per heavy atom. The fraction of sp³-hybridized carbons (Fsp3) is 0.588. The lowest BCUT2D eigenvalue weighted by Crippen LogP contribution is -2.46. The highest BCUT2D eigenvalue weighted by Crippen LogP contribution is 2.46. The molecule has 0 spiro atoms. The van der Waals surface area contributed by atoms with Gasteiger partial charge in [-0.25, -0.2) is 0 Å². The number of thioether (sulfide) groups is 1. The summed E-state index contributed by atoms with van der Waals surface area (Å²) in [5.41, 5.74) is 0. The first-order chi connectivity index (χ1) is 10.3. The third-order valence-electron chi connectivity index (χ3n) is 4.48. The molecule has 0 atom stereocenters. The highest BCUT2D eigenvalue weighted by Gasteiger charge is 2.44. The van der Waals surface area contributed by atoms with E-state index in [-0.39, 0.29) is 4.75 Å². The molecule has 3 nitrogen and oxygen atoms in total. The van der Waals surface area contributed by atoms with Gasteiger partial charge in [-0.15, -0.1) is 11.8 Å².